The van der Waals surface area contributed by atoms with Crippen LogP contribution in [0.2, 0.25) is 5.02 Å². The van der Waals surface area contributed by atoms with Gasteiger partial charge in [-0.25, -0.2) is 9.37 Å². The van der Waals surface area contributed by atoms with Crippen LogP contribution in [0.1, 0.15) is 44.4 Å². The maximum Gasteiger partial charge on any atom is 0.237 e. The van der Waals surface area contributed by atoms with E-state index in [1.165, 1.54) is 30.0 Å². The number of hydrogen-bond donors (Lipinski definition) is 1. The molecule has 1 aromatic carbocycles. The number of pyridine rings is 1. The van der Waals surface area contributed by atoms with Gasteiger partial charge in [0.05, 0.1) is 15.8 Å². The summed E-state index contributed by atoms with van der Waals surface area (Å²) < 4.78 is 13.3. The Kier molecular flexibility index (Phi) is 8.08. The van der Waals surface area contributed by atoms with E-state index in [9.17, 15) is 14.4 Å². The number of thioether (sulfide) groups is 1. The molecule has 0 saturated carbocycles. The molecule has 1 aromatic heterocycles. The molecule has 0 aliphatic rings. The number of amides is 1. The highest BCUT2D eigenvalue weighted by molar-refractivity contribution is 8.00. The number of hydrogen-bond acceptors (Lipinski definition) is 4. The molecular weight excluding hydrogens is 385 g/mol. The summed E-state index contributed by atoms with van der Waals surface area (Å²) >= 11 is 7.03. The SMILES string of the molecule is CCCCc1ccc(C#N)c(SC(CC)C(=O)Nc2ccc(F)c(Cl)c2)n1. The highest BCUT2D eigenvalue weighted by atomic mass is 35.5. The van der Waals surface area contributed by atoms with Gasteiger partial charge in [-0.2, -0.15) is 5.26 Å². The minimum Gasteiger partial charge on any atom is -0.325 e. The average molecular weight is 406 g/mol. The maximum absolute atomic E-state index is 13.3. The number of nitrogens with one attached hydrogen (secondary N) is 1. The number of nitrogens with zero attached hydrogens (tertiary/aromatic N) is 2. The summed E-state index contributed by atoms with van der Waals surface area (Å²) in [7, 11) is 0. The largest absolute Gasteiger partial charge is 0.325 e. The predicted molar refractivity (Wildman–Crippen MR) is 108 cm³/mol. The first-order chi connectivity index (χ1) is 13.0. The molecule has 142 valence electrons. The molecule has 0 bridgehead atoms. The van der Waals surface area contributed by atoms with Gasteiger partial charge in [-0.3, -0.25) is 4.79 Å². The Hall–Kier alpha value is -2.10. The molecule has 0 aliphatic heterocycles. The highest BCUT2D eigenvalue weighted by Crippen LogP contribution is 2.29. The number of rotatable bonds is 8. The number of aryl methyl sites for hydroxylation is 1. The third-order valence-corrected chi connectivity index (χ3v) is 5.59. The number of anilines is 1. The topological polar surface area (TPSA) is 65.8 Å². The second-order valence-electron chi connectivity index (χ2n) is 6.00. The van der Waals surface area contributed by atoms with Crippen LogP contribution in [0.25, 0.3) is 0 Å². The molecular formula is C20H21ClFN3OS. The summed E-state index contributed by atoms with van der Waals surface area (Å²) in [6.07, 6.45) is 3.47. The van der Waals surface area contributed by atoms with Gasteiger partial charge in [-0.15, -0.1) is 0 Å². The van der Waals surface area contributed by atoms with Gasteiger partial charge >= 0.3 is 0 Å². The Balaban J connectivity index is 2.16. The molecule has 0 radical (unpaired) electrons. The van der Waals surface area contributed by atoms with Gasteiger partial charge in [-0.1, -0.05) is 43.6 Å². The Morgan fingerprint density at radius 1 is 1.37 bits per heavy atom. The zero-order valence-corrected chi connectivity index (χ0v) is 16.8. The normalized spacial score (nSPS) is 11.7. The molecule has 1 heterocycles. The van der Waals surface area contributed by atoms with Crippen LogP contribution in [-0.4, -0.2) is 16.1 Å². The van der Waals surface area contributed by atoms with E-state index in [4.69, 9.17) is 11.6 Å². The number of halogens is 2. The monoisotopic (exact) mass is 405 g/mol. The van der Waals surface area contributed by atoms with E-state index < -0.39 is 11.1 Å². The van der Waals surface area contributed by atoms with E-state index in [2.05, 4.69) is 23.3 Å². The van der Waals surface area contributed by atoms with Crippen LogP contribution in [0.3, 0.4) is 0 Å². The van der Waals surface area contributed by atoms with Gasteiger partial charge in [-0.05, 0) is 49.6 Å². The molecule has 0 spiro atoms. The summed E-state index contributed by atoms with van der Waals surface area (Å²) in [6.45, 7) is 4.00. The lowest BCUT2D eigenvalue weighted by Gasteiger charge is -2.15. The maximum atomic E-state index is 13.3. The standard InChI is InChI=1S/C20H21ClFN3OS/c1-3-5-6-14-8-7-13(12-23)20(25-14)27-18(4-2)19(26)24-15-9-10-17(22)16(21)11-15/h7-11,18H,3-6H2,1-2H3,(H,24,26). The van der Waals surface area contributed by atoms with Gasteiger partial charge in [0.25, 0.3) is 0 Å². The second-order valence-corrected chi connectivity index (χ2v) is 7.60. The van der Waals surface area contributed by atoms with Crippen molar-refractivity contribution in [2.24, 2.45) is 0 Å². The van der Waals surface area contributed by atoms with Crippen LogP contribution in [0, 0.1) is 17.1 Å². The number of carbonyl (C=O) groups is 1. The second kappa shape index (κ2) is 10.3. The van der Waals surface area contributed by atoms with Crippen LogP contribution in [0.5, 0.6) is 0 Å². The Bertz CT molecular complexity index is 854. The molecule has 1 atom stereocenters. The third kappa shape index (κ3) is 5.95. The van der Waals surface area contributed by atoms with Crippen molar-refractivity contribution in [2.45, 2.75) is 49.8 Å². The van der Waals surface area contributed by atoms with Crippen molar-refractivity contribution in [3.63, 3.8) is 0 Å². The first-order valence-corrected chi connectivity index (χ1v) is 10.1. The molecule has 0 fully saturated rings. The van der Waals surface area contributed by atoms with Crippen molar-refractivity contribution in [2.75, 3.05) is 5.32 Å². The minimum absolute atomic E-state index is 0.0504. The van der Waals surface area contributed by atoms with Crippen molar-refractivity contribution in [3.8, 4) is 6.07 Å². The number of aromatic nitrogens is 1. The molecule has 0 aliphatic carbocycles. The smallest absolute Gasteiger partial charge is 0.237 e. The summed E-state index contributed by atoms with van der Waals surface area (Å²) in [5.41, 5.74) is 1.80. The van der Waals surface area contributed by atoms with Crippen molar-refractivity contribution >= 4 is 35.0 Å². The van der Waals surface area contributed by atoms with Crippen LogP contribution < -0.4 is 5.32 Å². The number of unbranched alkanes of at least 4 members (excludes halogenated alkanes) is 1. The van der Waals surface area contributed by atoms with Crippen LogP contribution in [0.15, 0.2) is 35.4 Å². The predicted octanol–water partition coefficient (Wildman–Crippen LogP) is 5.60. The van der Waals surface area contributed by atoms with E-state index >= 15 is 0 Å². The van der Waals surface area contributed by atoms with Gasteiger partial charge < -0.3 is 5.32 Å². The van der Waals surface area contributed by atoms with E-state index in [0.29, 0.717) is 22.7 Å². The zero-order valence-electron chi connectivity index (χ0n) is 15.3. The number of carbonyl (C=O) groups excluding carboxylic acids is 1. The van der Waals surface area contributed by atoms with Crippen LogP contribution in [0.4, 0.5) is 10.1 Å². The summed E-state index contributed by atoms with van der Waals surface area (Å²) in [4.78, 5) is 17.2. The summed E-state index contributed by atoms with van der Waals surface area (Å²) in [5.74, 6) is -0.780. The average Bonchev–Trinajstić information content (AvgIpc) is 2.67. The quantitative estimate of drug-likeness (QED) is 0.580. The Morgan fingerprint density at radius 2 is 2.15 bits per heavy atom. The Labute approximate surface area is 168 Å². The first-order valence-electron chi connectivity index (χ1n) is 8.81. The molecule has 1 amide bonds. The lowest BCUT2D eigenvalue weighted by Crippen LogP contribution is -2.24. The van der Waals surface area contributed by atoms with Crippen LogP contribution in [-0.2, 0) is 11.2 Å². The minimum atomic E-state index is -0.539. The van der Waals surface area contributed by atoms with Crippen molar-refractivity contribution < 1.29 is 9.18 Å². The van der Waals surface area contributed by atoms with Gasteiger partial charge in [0, 0.05) is 11.4 Å². The molecule has 2 rings (SSSR count). The van der Waals surface area contributed by atoms with E-state index in [-0.39, 0.29) is 10.9 Å². The van der Waals surface area contributed by atoms with Gasteiger partial charge in [0.15, 0.2) is 0 Å². The fourth-order valence-corrected chi connectivity index (χ4v) is 3.60. The molecule has 1 unspecified atom stereocenters. The highest BCUT2D eigenvalue weighted by Gasteiger charge is 2.21. The fraction of sp³-hybridized carbons (Fsp3) is 0.350. The number of benzene rings is 1. The molecule has 0 saturated heterocycles. The van der Waals surface area contributed by atoms with Gasteiger partial charge in [0.2, 0.25) is 5.91 Å². The first kappa shape index (κ1) is 21.2. The molecule has 1 N–H and O–H groups in total. The lowest BCUT2D eigenvalue weighted by atomic mass is 10.2. The number of nitriles is 1. The van der Waals surface area contributed by atoms with Crippen LogP contribution >= 0.6 is 23.4 Å². The van der Waals surface area contributed by atoms with Gasteiger partial charge in [0.1, 0.15) is 16.9 Å². The molecule has 27 heavy (non-hydrogen) atoms. The van der Waals surface area contributed by atoms with Crippen molar-refractivity contribution in [1.29, 1.82) is 5.26 Å². The van der Waals surface area contributed by atoms with E-state index in [0.717, 1.165) is 25.0 Å². The summed E-state index contributed by atoms with van der Waals surface area (Å²) in [5, 5.41) is 12.2. The molecule has 4 nitrogen and oxygen atoms in total. The molecule has 7 heteroatoms. The Morgan fingerprint density at radius 3 is 2.78 bits per heavy atom. The zero-order chi connectivity index (χ0) is 19.8. The van der Waals surface area contributed by atoms with E-state index in [1.807, 2.05) is 13.0 Å². The molecule has 2 aromatic rings. The van der Waals surface area contributed by atoms with Crippen molar-refractivity contribution in [3.05, 3.63) is 52.4 Å². The third-order valence-electron chi connectivity index (χ3n) is 3.93. The van der Waals surface area contributed by atoms with Crippen molar-refractivity contribution in [1.82, 2.24) is 4.98 Å². The fourth-order valence-electron chi connectivity index (χ4n) is 2.40. The summed E-state index contributed by atoms with van der Waals surface area (Å²) in [6, 6.07) is 9.79. The van der Waals surface area contributed by atoms with E-state index in [1.54, 1.807) is 6.07 Å². The lowest BCUT2D eigenvalue weighted by molar-refractivity contribution is -0.115.